The Bertz CT molecular complexity index is 723. The lowest BCUT2D eigenvalue weighted by Gasteiger charge is -2.12. The van der Waals surface area contributed by atoms with Gasteiger partial charge in [-0.3, -0.25) is 9.48 Å². The molecule has 1 heterocycles. The Balaban J connectivity index is 2.34. The number of aryl methyl sites for hydroxylation is 1. The van der Waals surface area contributed by atoms with Gasteiger partial charge in [-0.15, -0.1) is 0 Å². The summed E-state index contributed by atoms with van der Waals surface area (Å²) in [5.41, 5.74) is 0.170. The number of aromatic nitrogens is 2. The summed E-state index contributed by atoms with van der Waals surface area (Å²) in [5, 5.41) is 15.5. The number of carbonyl (C=O) groups excluding carboxylic acids is 1. The molecular weight excluding hydrogens is 290 g/mol. The molecule has 0 fully saturated rings. The predicted molar refractivity (Wildman–Crippen MR) is 77.7 cm³/mol. The molecule has 0 bridgehead atoms. The van der Waals surface area contributed by atoms with E-state index in [0.29, 0.717) is 17.2 Å². The van der Waals surface area contributed by atoms with Gasteiger partial charge in [0.2, 0.25) is 0 Å². The molecule has 0 saturated heterocycles. The number of aromatic carboxylic acids is 1. The first kappa shape index (κ1) is 15.4. The Morgan fingerprint density at radius 2 is 2.00 bits per heavy atom. The van der Waals surface area contributed by atoms with Gasteiger partial charge in [-0.1, -0.05) is 0 Å². The third kappa shape index (κ3) is 2.85. The van der Waals surface area contributed by atoms with E-state index < -0.39 is 11.9 Å². The van der Waals surface area contributed by atoms with E-state index in [0.717, 1.165) is 6.20 Å². The summed E-state index contributed by atoms with van der Waals surface area (Å²) in [4.78, 5) is 23.4. The molecule has 0 radical (unpaired) electrons. The van der Waals surface area contributed by atoms with Crippen molar-refractivity contribution in [3.63, 3.8) is 0 Å². The van der Waals surface area contributed by atoms with Crippen LogP contribution < -0.4 is 14.8 Å². The third-order valence-electron chi connectivity index (χ3n) is 3.04. The molecule has 2 N–H and O–H groups in total. The molecule has 8 nitrogen and oxygen atoms in total. The van der Waals surface area contributed by atoms with Crippen LogP contribution in [0.25, 0.3) is 0 Å². The summed E-state index contributed by atoms with van der Waals surface area (Å²) < 4.78 is 11.5. The van der Waals surface area contributed by atoms with Crippen LogP contribution in [0.4, 0.5) is 5.69 Å². The first-order valence-electron chi connectivity index (χ1n) is 6.26. The number of ether oxygens (including phenoxy) is 2. The van der Waals surface area contributed by atoms with Crippen molar-refractivity contribution in [2.24, 2.45) is 7.05 Å². The van der Waals surface area contributed by atoms with Crippen molar-refractivity contribution in [2.75, 3.05) is 19.5 Å². The Labute approximate surface area is 126 Å². The molecule has 0 unspecified atom stereocenters. The molecule has 2 aromatic rings. The van der Waals surface area contributed by atoms with Gasteiger partial charge in [0, 0.05) is 13.1 Å². The topological polar surface area (TPSA) is 103 Å². The standard InChI is InChI=1S/C14H15N3O5/c1-17-12(9(7-15-17)14(19)20)13(18)16-10-5-4-8(21-2)6-11(10)22-3/h4-7H,1-3H3,(H,16,18)(H,19,20). The zero-order valence-corrected chi connectivity index (χ0v) is 12.3. The minimum absolute atomic E-state index is 0.0506. The summed E-state index contributed by atoms with van der Waals surface area (Å²) in [6, 6.07) is 4.86. The van der Waals surface area contributed by atoms with Crippen LogP contribution in [0.1, 0.15) is 20.8 Å². The number of nitrogens with one attached hydrogen (secondary N) is 1. The monoisotopic (exact) mass is 305 g/mol. The Morgan fingerprint density at radius 3 is 2.59 bits per heavy atom. The number of methoxy groups -OCH3 is 2. The summed E-state index contributed by atoms with van der Waals surface area (Å²) in [7, 11) is 4.46. The Kier molecular flexibility index (Phi) is 4.31. The number of amides is 1. The van der Waals surface area contributed by atoms with E-state index in [-0.39, 0.29) is 11.3 Å². The quantitative estimate of drug-likeness (QED) is 0.865. The molecule has 116 valence electrons. The lowest BCUT2D eigenvalue weighted by atomic mass is 10.2. The van der Waals surface area contributed by atoms with Crippen LogP contribution in [0, 0.1) is 0 Å². The predicted octanol–water partition coefficient (Wildman–Crippen LogP) is 1.39. The van der Waals surface area contributed by atoms with E-state index in [2.05, 4.69) is 10.4 Å². The Hall–Kier alpha value is -3.03. The largest absolute Gasteiger partial charge is 0.497 e. The molecule has 1 amide bonds. The first-order valence-corrected chi connectivity index (χ1v) is 6.26. The van der Waals surface area contributed by atoms with Gasteiger partial charge in [-0.25, -0.2) is 4.79 Å². The second-order valence-electron chi connectivity index (χ2n) is 4.36. The maximum atomic E-state index is 12.3. The first-order chi connectivity index (χ1) is 10.5. The lowest BCUT2D eigenvalue weighted by Crippen LogP contribution is -2.19. The number of carboxylic acids is 1. The normalized spacial score (nSPS) is 10.1. The fourth-order valence-corrected chi connectivity index (χ4v) is 1.95. The molecule has 0 aliphatic rings. The third-order valence-corrected chi connectivity index (χ3v) is 3.04. The average Bonchev–Trinajstić information content (AvgIpc) is 2.89. The second kappa shape index (κ2) is 6.17. The van der Waals surface area contributed by atoms with E-state index in [1.54, 1.807) is 18.2 Å². The lowest BCUT2D eigenvalue weighted by molar-refractivity contribution is 0.0692. The number of carbonyl (C=O) groups is 2. The smallest absolute Gasteiger partial charge is 0.339 e. The molecule has 0 spiro atoms. The SMILES string of the molecule is COc1ccc(NC(=O)c2c(C(=O)O)cnn2C)c(OC)c1. The minimum Gasteiger partial charge on any atom is -0.497 e. The van der Waals surface area contributed by atoms with Crippen molar-refractivity contribution < 1.29 is 24.2 Å². The molecule has 0 aliphatic carbocycles. The number of nitrogens with zero attached hydrogens (tertiary/aromatic N) is 2. The van der Waals surface area contributed by atoms with Gasteiger partial charge in [-0.2, -0.15) is 5.10 Å². The molecule has 8 heteroatoms. The molecule has 0 saturated carbocycles. The van der Waals surface area contributed by atoms with Crippen LogP contribution in [0.15, 0.2) is 24.4 Å². The fraction of sp³-hybridized carbons (Fsp3) is 0.214. The van der Waals surface area contributed by atoms with Crippen molar-refractivity contribution in [3.8, 4) is 11.5 Å². The van der Waals surface area contributed by atoms with Crippen LogP contribution >= 0.6 is 0 Å². The summed E-state index contributed by atoms with van der Waals surface area (Å²) in [5.74, 6) is -0.853. The maximum absolute atomic E-state index is 12.3. The van der Waals surface area contributed by atoms with Crippen LogP contribution in [0.2, 0.25) is 0 Å². The van der Waals surface area contributed by atoms with E-state index in [9.17, 15) is 9.59 Å². The summed E-state index contributed by atoms with van der Waals surface area (Å²) in [6.45, 7) is 0. The maximum Gasteiger partial charge on any atom is 0.339 e. The van der Waals surface area contributed by atoms with Gasteiger partial charge >= 0.3 is 5.97 Å². The second-order valence-corrected chi connectivity index (χ2v) is 4.36. The van der Waals surface area contributed by atoms with E-state index >= 15 is 0 Å². The molecule has 0 aliphatic heterocycles. The van der Waals surface area contributed by atoms with E-state index in [4.69, 9.17) is 14.6 Å². The number of carboxylic acid groups (broad SMARTS) is 1. The highest BCUT2D eigenvalue weighted by Gasteiger charge is 2.22. The Morgan fingerprint density at radius 1 is 1.27 bits per heavy atom. The molecule has 0 atom stereocenters. The highest BCUT2D eigenvalue weighted by molar-refractivity contribution is 6.10. The van der Waals surface area contributed by atoms with Gasteiger partial charge in [0.05, 0.1) is 26.1 Å². The van der Waals surface area contributed by atoms with Crippen LogP contribution in [-0.4, -0.2) is 41.0 Å². The van der Waals surface area contributed by atoms with Gasteiger partial charge in [0.1, 0.15) is 22.8 Å². The van der Waals surface area contributed by atoms with Gasteiger partial charge in [0.25, 0.3) is 5.91 Å². The van der Waals surface area contributed by atoms with Crippen LogP contribution in [-0.2, 0) is 7.05 Å². The molecule has 2 rings (SSSR count). The zero-order chi connectivity index (χ0) is 16.3. The van der Waals surface area contributed by atoms with Crippen molar-refractivity contribution in [3.05, 3.63) is 35.7 Å². The number of benzene rings is 1. The average molecular weight is 305 g/mol. The van der Waals surface area contributed by atoms with Crippen molar-refractivity contribution in [1.82, 2.24) is 9.78 Å². The molecule has 22 heavy (non-hydrogen) atoms. The summed E-state index contributed by atoms with van der Waals surface area (Å²) >= 11 is 0. The summed E-state index contributed by atoms with van der Waals surface area (Å²) in [6.07, 6.45) is 1.13. The van der Waals surface area contributed by atoms with Crippen molar-refractivity contribution in [2.45, 2.75) is 0 Å². The van der Waals surface area contributed by atoms with Gasteiger partial charge < -0.3 is 19.9 Å². The number of hydrogen-bond donors (Lipinski definition) is 2. The molecular formula is C14H15N3O5. The van der Waals surface area contributed by atoms with Crippen molar-refractivity contribution in [1.29, 1.82) is 0 Å². The molecule has 1 aromatic heterocycles. The minimum atomic E-state index is -1.22. The van der Waals surface area contributed by atoms with Crippen molar-refractivity contribution >= 4 is 17.6 Å². The van der Waals surface area contributed by atoms with Gasteiger partial charge in [-0.05, 0) is 12.1 Å². The highest BCUT2D eigenvalue weighted by atomic mass is 16.5. The van der Waals surface area contributed by atoms with Crippen LogP contribution in [0.5, 0.6) is 11.5 Å². The van der Waals surface area contributed by atoms with E-state index in [1.807, 2.05) is 0 Å². The van der Waals surface area contributed by atoms with Gasteiger partial charge in [0.15, 0.2) is 0 Å². The molecule has 1 aromatic carbocycles. The number of rotatable bonds is 5. The van der Waals surface area contributed by atoms with E-state index in [1.165, 1.54) is 25.9 Å². The number of hydrogen-bond acceptors (Lipinski definition) is 5. The number of anilines is 1. The highest BCUT2D eigenvalue weighted by Crippen LogP contribution is 2.29. The zero-order valence-electron chi connectivity index (χ0n) is 12.3. The fourth-order valence-electron chi connectivity index (χ4n) is 1.95. The van der Waals surface area contributed by atoms with Crippen LogP contribution in [0.3, 0.4) is 0 Å².